The Morgan fingerprint density at radius 1 is 1.19 bits per heavy atom. The standard InChI is InChI=1S/C20H28N4O2S/c1-5-24-19(10-11-21-15(4)25)22-23-20(24)27-13-18(26)17-8-6-16(7-9-17)12-14(2)3/h6-9,14H,5,10-13H2,1-4H3,(H,21,25). The number of thioether (sulfide) groups is 1. The second-order valence-electron chi connectivity index (χ2n) is 6.88. The minimum absolute atomic E-state index is 0.0582. The van der Waals surface area contributed by atoms with E-state index in [1.165, 1.54) is 24.2 Å². The molecule has 0 spiro atoms. The number of rotatable bonds is 10. The van der Waals surface area contributed by atoms with Crippen molar-refractivity contribution >= 4 is 23.5 Å². The Labute approximate surface area is 165 Å². The van der Waals surface area contributed by atoms with Crippen LogP contribution in [0.3, 0.4) is 0 Å². The van der Waals surface area contributed by atoms with Crippen LogP contribution in [-0.2, 0) is 24.2 Å². The van der Waals surface area contributed by atoms with Gasteiger partial charge in [0, 0.05) is 32.0 Å². The monoisotopic (exact) mass is 388 g/mol. The largest absolute Gasteiger partial charge is 0.356 e. The van der Waals surface area contributed by atoms with E-state index in [2.05, 4.69) is 29.4 Å². The van der Waals surface area contributed by atoms with Gasteiger partial charge in [-0.3, -0.25) is 9.59 Å². The summed E-state index contributed by atoms with van der Waals surface area (Å²) in [5, 5.41) is 11.9. The molecule has 0 bridgehead atoms. The number of amides is 1. The van der Waals surface area contributed by atoms with Crippen molar-refractivity contribution in [2.75, 3.05) is 12.3 Å². The summed E-state index contributed by atoms with van der Waals surface area (Å²) in [6.45, 7) is 9.13. The number of aromatic nitrogens is 3. The van der Waals surface area contributed by atoms with Crippen molar-refractivity contribution in [3.05, 3.63) is 41.2 Å². The zero-order valence-electron chi connectivity index (χ0n) is 16.5. The van der Waals surface area contributed by atoms with Crippen LogP contribution in [0.25, 0.3) is 0 Å². The topological polar surface area (TPSA) is 76.9 Å². The highest BCUT2D eigenvalue weighted by Crippen LogP contribution is 2.19. The van der Waals surface area contributed by atoms with Gasteiger partial charge >= 0.3 is 0 Å². The number of Topliss-reactive ketones (excluding diaryl/α,β-unsaturated/α-hetero) is 1. The maximum absolute atomic E-state index is 12.5. The average molecular weight is 389 g/mol. The summed E-state index contributed by atoms with van der Waals surface area (Å²) >= 11 is 1.40. The Morgan fingerprint density at radius 2 is 1.89 bits per heavy atom. The summed E-state index contributed by atoms with van der Waals surface area (Å²) < 4.78 is 1.99. The molecular formula is C20H28N4O2S. The van der Waals surface area contributed by atoms with Crippen LogP contribution in [0.15, 0.2) is 29.4 Å². The maximum atomic E-state index is 12.5. The highest BCUT2D eigenvalue weighted by Gasteiger charge is 2.14. The molecule has 0 aliphatic carbocycles. The minimum Gasteiger partial charge on any atom is -0.356 e. The molecule has 0 saturated carbocycles. The smallest absolute Gasteiger partial charge is 0.216 e. The summed E-state index contributed by atoms with van der Waals surface area (Å²) in [7, 11) is 0. The van der Waals surface area contributed by atoms with Crippen LogP contribution in [0.5, 0.6) is 0 Å². The number of ketones is 1. The molecule has 0 fully saturated rings. The van der Waals surface area contributed by atoms with E-state index in [1.807, 2.05) is 35.8 Å². The first-order valence-electron chi connectivity index (χ1n) is 9.32. The Bertz CT molecular complexity index is 769. The number of hydrogen-bond donors (Lipinski definition) is 1. The Morgan fingerprint density at radius 3 is 2.48 bits per heavy atom. The van der Waals surface area contributed by atoms with E-state index in [9.17, 15) is 9.59 Å². The molecule has 0 radical (unpaired) electrons. The molecule has 0 atom stereocenters. The molecule has 0 unspecified atom stereocenters. The number of hydrogen-bond acceptors (Lipinski definition) is 5. The van der Waals surface area contributed by atoms with Gasteiger partial charge in [0.15, 0.2) is 10.9 Å². The Balaban J connectivity index is 1.94. The first-order valence-corrected chi connectivity index (χ1v) is 10.3. The lowest BCUT2D eigenvalue weighted by Crippen LogP contribution is -2.23. The maximum Gasteiger partial charge on any atom is 0.216 e. The van der Waals surface area contributed by atoms with Gasteiger partial charge in [-0.2, -0.15) is 0 Å². The van der Waals surface area contributed by atoms with Crippen LogP contribution < -0.4 is 5.32 Å². The summed E-state index contributed by atoms with van der Waals surface area (Å²) in [4.78, 5) is 23.5. The lowest BCUT2D eigenvalue weighted by molar-refractivity contribution is -0.118. The molecule has 0 aliphatic rings. The molecule has 6 nitrogen and oxygen atoms in total. The summed E-state index contributed by atoms with van der Waals surface area (Å²) in [6.07, 6.45) is 1.64. The molecule has 1 amide bonds. The molecule has 1 heterocycles. The van der Waals surface area contributed by atoms with Gasteiger partial charge in [-0.05, 0) is 24.8 Å². The van der Waals surface area contributed by atoms with Crippen LogP contribution in [0.4, 0.5) is 0 Å². The van der Waals surface area contributed by atoms with E-state index < -0.39 is 0 Å². The highest BCUT2D eigenvalue weighted by molar-refractivity contribution is 7.99. The minimum atomic E-state index is -0.0582. The summed E-state index contributed by atoms with van der Waals surface area (Å²) in [5.41, 5.74) is 1.98. The molecule has 27 heavy (non-hydrogen) atoms. The third kappa shape index (κ3) is 6.50. The lowest BCUT2D eigenvalue weighted by atomic mass is 10.0. The Hall–Kier alpha value is -2.15. The molecule has 0 saturated heterocycles. The first-order chi connectivity index (χ1) is 12.9. The second kappa shape index (κ2) is 10.3. The molecule has 2 rings (SSSR count). The third-order valence-electron chi connectivity index (χ3n) is 4.08. The average Bonchev–Trinajstić information content (AvgIpc) is 3.01. The predicted molar refractivity (Wildman–Crippen MR) is 108 cm³/mol. The highest BCUT2D eigenvalue weighted by atomic mass is 32.2. The molecule has 2 aromatic rings. The second-order valence-corrected chi connectivity index (χ2v) is 7.83. The molecule has 7 heteroatoms. The van der Waals surface area contributed by atoms with Crippen molar-refractivity contribution in [3.63, 3.8) is 0 Å². The fourth-order valence-corrected chi connectivity index (χ4v) is 3.71. The van der Waals surface area contributed by atoms with Crippen LogP contribution in [-0.4, -0.2) is 38.8 Å². The SMILES string of the molecule is CCn1c(CCNC(C)=O)nnc1SCC(=O)c1ccc(CC(C)C)cc1. The fraction of sp³-hybridized carbons (Fsp3) is 0.500. The first kappa shape index (κ1) is 21.2. The number of carbonyl (C=O) groups excluding carboxylic acids is 2. The van der Waals surface area contributed by atoms with Gasteiger partial charge in [-0.1, -0.05) is 49.9 Å². The lowest BCUT2D eigenvalue weighted by Gasteiger charge is -2.08. The van der Waals surface area contributed by atoms with Crippen molar-refractivity contribution in [1.29, 1.82) is 0 Å². The van der Waals surface area contributed by atoms with Gasteiger partial charge in [0.1, 0.15) is 5.82 Å². The van der Waals surface area contributed by atoms with Crippen LogP contribution in [0.1, 0.15) is 49.4 Å². The van der Waals surface area contributed by atoms with Gasteiger partial charge in [-0.25, -0.2) is 0 Å². The van der Waals surface area contributed by atoms with Crippen LogP contribution >= 0.6 is 11.8 Å². The van der Waals surface area contributed by atoms with E-state index in [-0.39, 0.29) is 11.7 Å². The van der Waals surface area contributed by atoms with Crippen molar-refractivity contribution in [1.82, 2.24) is 20.1 Å². The van der Waals surface area contributed by atoms with Crippen molar-refractivity contribution in [2.24, 2.45) is 5.92 Å². The van der Waals surface area contributed by atoms with Gasteiger partial charge in [0.05, 0.1) is 5.75 Å². The van der Waals surface area contributed by atoms with Gasteiger partial charge in [-0.15, -0.1) is 10.2 Å². The predicted octanol–water partition coefficient (Wildman–Crippen LogP) is 3.15. The summed E-state index contributed by atoms with van der Waals surface area (Å²) in [5.74, 6) is 1.77. The van der Waals surface area contributed by atoms with E-state index >= 15 is 0 Å². The number of benzene rings is 1. The number of nitrogens with zero attached hydrogens (tertiary/aromatic N) is 3. The summed E-state index contributed by atoms with van der Waals surface area (Å²) in [6, 6.07) is 7.88. The molecule has 1 aromatic carbocycles. The quantitative estimate of drug-likeness (QED) is 0.500. The van der Waals surface area contributed by atoms with Crippen LogP contribution in [0.2, 0.25) is 0 Å². The van der Waals surface area contributed by atoms with E-state index in [0.29, 0.717) is 24.6 Å². The molecule has 1 aromatic heterocycles. The molecule has 0 aliphatic heterocycles. The van der Waals surface area contributed by atoms with Gasteiger partial charge in [0.2, 0.25) is 5.91 Å². The van der Waals surface area contributed by atoms with Gasteiger partial charge in [0.25, 0.3) is 0 Å². The van der Waals surface area contributed by atoms with Gasteiger partial charge < -0.3 is 9.88 Å². The van der Waals surface area contributed by atoms with Crippen molar-refractivity contribution in [3.8, 4) is 0 Å². The third-order valence-corrected chi connectivity index (χ3v) is 5.05. The van der Waals surface area contributed by atoms with Crippen molar-refractivity contribution < 1.29 is 9.59 Å². The van der Waals surface area contributed by atoms with Crippen LogP contribution in [0, 0.1) is 5.92 Å². The van der Waals surface area contributed by atoms with E-state index in [0.717, 1.165) is 29.5 Å². The number of nitrogens with one attached hydrogen (secondary N) is 1. The van der Waals surface area contributed by atoms with Crippen molar-refractivity contribution in [2.45, 2.75) is 52.2 Å². The normalized spacial score (nSPS) is 11.0. The Kier molecular flexibility index (Phi) is 8.03. The molecular weight excluding hydrogens is 360 g/mol. The molecule has 146 valence electrons. The molecule has 1 N–H and O–H groups in total. The number of carbonyl (C=O) groups is 2. The van der Waals surface area contributed by atoms with E-state index in [4.69, 9.17) is 0 Å². The zero-order chi connectivity index (χ0) is 19.8. The van der Waals surface area contributed by atoms with E-state index in [1.54, 1.807) is 0 Å². The fourth-order valence-electron chi connectivity index (χ4n) is 2.79. The zero-order valence-corrected chi connectivity index (χ0v) is 17.3.